The standard InChI is InChI=1S/C12H22N2O3/c1-9-2-3-13-6-10(9)7-14-12(15)11-8-16-4-5-17-11/h9-11,13H,2-8H2,1H3,(H,14,15). The Bertz CT molecular complexity index is 254. The molecule has 2 fully saturated rings. The molecule has 0 aromatic heterocycles. The van der Waals surface area contributed by atoms with Crippen LogP contribution in [0.4, 0.5) is 0 Å². The number of hydrogen-bond acceptors (Lipinski definition) is 4. The first-order valence-electron chi connectivity index (χ1n) is 6.45. The Morgan fingerprint density at radius 3 is 3.06 bits per heavy atom. The Balaban J connectivity index is 1.71. The average Bonchev–Trinajstić information content (AvgIpc) is 2.38. The zero-order valence-corrected chi connectivity index (χ0v) is 10.4. The summed E-state index contributed by atoms with van der Waals surface area (Å²) in [5, 5.41) is 6.33. The molecule has 5 heteroatoms. The normalized spacial score (nSPS) is 34.3. The number of ether oxygens (including phenoxy) is 2. The fourth-order valence-electron chi connectivity index (χ4n) is 2.31. The minimum atomic E-state index is -0.421. The van der Waals surface area contributed by atoms with Crippen LogP contribution in [0, 0.1) is 11.8 Å². The molecule has 3 atom stereocenters. The van der Waals surface area contributed by atoms with Crippen molar-refractivity contribution in [2.45, 2.75) is 19.4 Å². The molecule has 3 unspecified atom stereocenters. The van der Waals surface area contributed by atoms with Crippen molar-refractivity contribution < 1.29 is 14.3 Å². The Morgan fingerprint density at radius 2 is 2.35 bits per heavy atom. The second-order valence-electron chi connectivity index (χ2n) is 4.91. The maximum absolute atomic E-state index is 11.8. The molecule has 5 nitrogen and oxygen atoms in total. The lowest BCUT2D eigenvalue weighted by molar-refractivity contribution is -0.147. The van der Waals surface area contributed by atoms with E-state index in [0.717, 1.165) is 19.6 Å². The van der Waals surface area contributed by atoms with E-state index in [1.165, 1.54) is 6.42 Å². The van der Waals surface area contributed by atoms with Gasteiger partial charge in [0.1, 0.15) is 0 Å². The molecule has 2 aliphatic rings. The van der Waals surface area contributed by atoms with Crippen LogP contribution in [0.3, 0.4) is 0 Å². The highest BCUT2D eigenvalue weighted by Crippen LogP contribution is 2.17. The molecule has 17 heavy (non-hydrogen) atoms. The van der Waals surface area contributed by atoms with Crippen molar-refractivity contribution in [2.75, 3.05) is 39.5 Å². The minimum absolute atomic E-state index is 0.0394. The molecular weight excluding hydrogens is 220 g/mol. The topological polar surface area (TPSA) is 59.6 Å². The van der Waals surface area contributed by atoms with Gasteiger partial charge in [-0.25, -0.2) is 0 Å². The Kier molecular flexibility index (Phi) is 4.76. The Labute approximate surface area is 102 Å². The third-order valence-corrected chi connectivity index (χ3v) is 3.63. The van der Waals surface area contributed by atoms with Gasteiger partial charge in [0.2, 0.25) is 0 Å². The first kappa shape index (κ1) is 12.8. The largest absolute Gasteiger partial charge is 0.376 e. The van der Waals surface area contributed by atoms with Crippen LogP contribution in [0.2, 0.25) is 0 Å². The van der Waals surface area contributed by atoms with Crippen LogP contribution in [0.15, 0.2) is 0 Å². The average molecular weight is 242 g/mol. The fraction of sp³-hybridized carbons (Fsp3) is 0.917. The summed E-state index contributed by atoms with van der Waals surface area (Å²) in [7, 11) is 0. The monoisotopic (exact) mass is 242 g/mol. The van der Waals surface area contributed by atoms with E-state index in [-0.39, 0.29) is 5.91 Å². The van der Waals surface area contributed by atoms with Crippen LogP contribution in [-0.4, -0.2) is 51.5 Å². The summed E-state index contributed by atoms with van der Waals surface area (Å²) < 4.78 is 10.6. The zero-order valence-electron chi connectivity index (χ0n) is 10.4. The van der Waals surface area contributed by atoms with Gasteiger partial charge in [-0.1, -0.05) is 6.92 Å². The lowest BCUT2D eigenvalue weighted by Crippen LogP contribution is -2.47. The molecule has 2 rings (SSSR count). The van der Waals surface area contributed by atoms with E-state index in [1.54, 1.807) is 0 Å². The molecule has 0 spiro atoms. The number of carbonyl (C=O) groups excluding carboxylic acids is 1. The van der Waals surface area contributed by atoms with E-state index in [2.05, 4.69) is 17.6 Å². The SMILES string of the molecule is CC1CCNCC1CNC(=O)C1COCCO1. The number of rotatable bonds is 3. The number of nitrogens with one attached hydrogen (secondary N) is 2. The highest BCUT2D eigenvalue weighted by atomic mass is 16.6. The van der Waals surface area contributed by atoms with Crippen molar-refractivity contribution >= 4 is 5.91 Å². The van der Waals surface area contributed by atoms with Gasteiger partial charge >= 0.3 is 0 Å². The molecule has 2 heterocycles. The summed E-state index contributed by atoms with van der Waals surface area (Å²) in [5.41, 5.74) is 0. The lowest BCUT2D eigenvalue weighted by Gasteiger charge is -2.30. The maximum Gasteiger partial charge on any atom is 0.251 e. The summed E-state index contributed by atoms with van der Waals surface area (Å²) in [5.74, 6) is 1.15. The highest BCUT2D eigenvalue weighted by molar-refractivity contribution is 5.80. The van der Waals surface area contributed by atoms with Crippen LogP contribution in [-0.2, 0) is 14.3 Å². The van der Waals surface area contributed by atoms with E-state index < -0.39 is 6.10 Å². The second kappa shape index (κ2) is 6.33. The molecule has 2 N–H and O–H groups in total. The molecule has 0 aromatic rings. The number of carbonyl (C=O) groups is 1. The molecule has 98 valence electrons. The molecule has 2 aliphatic heterocycles. The van der Waals surface area contributed by atoms with Gasteiger partial charge in [-0.15, -0.1) is 0 Å². The number of hydrogen-bond donors (Lipinski definition) is 2. The number of piperidine rings is 1. The van der Waals surface area contributed by atoms with Gasteiger partial charge in [0.05, 0.1) is 19.8 Å². The highest BCUT2D eigenvalue weighted by Gasteiger charge is 2.25. The summed E-state index contributed by atoms with van der Waals surface area (Å²) in [4.78, 5) is 11.8. The minimum Gasteiger partial charge on any atom is -0.376 e. The quantitative estimate of drug-likeness (QED) is 0.717. The van der Waals surface area contributed by atoms with Crippen LogP contribution in [0.5, 0.6) is 0 Å². The van der Waals surface area contributed by atoms with Crippen LogP contribution in [0.25, 0.3) is 0 Å². The summed E-state index contributed by atoms with van der Waals surface area (Å²) in [6.07, 6.45) is 0.763. The third kappa shape index (κ3) is 3.66. The lowest BCUT2D eigenvalue weighted by atomic mass is 9.88. The van der Waals surface area contributed by atoms with Gasteiger partial charge in [-0.05, 0) is 31.3 Å². The zero-order chi connectivity index (χ0) is 12.1. The van der Waals surface area contributed by atoms with Gasteiger partial charge < -0.3 is 20.1 Å². The van der Waals surface area contributed by atoms with E-state index in [9.17, 15) is 4.79 Å². The van der Waals surface area contributed by atoms with Crippen molar-refractivity contribution in [1.82, 2.24) is 10.6 Å². The molecule has 0 aliphatic carbocycles. The van der Waals surface area contributed by atoms with Crippen LogP contribution < -0.4 is 10.6 Å². The van der Waals surface area contributed by atoms with E-state index in [4.69, 9.17) is 9.47 Å². The fourth-order valence-corrected chi connectivity index (χ4v) is 2.31. The third-order valence-electron chi connectivity index (χ3n) is 3.63. The van der Waals surface area contributed by atoms with Gasteiger partial charge in [-0.3, -0.25) is 4.79 Å². The number of amides is 1. The van der Waals surface area contributed by atoms with Gasteiger partial charge in [0, 0.05) is 6.54 Å². The van der Waals surface area contributed by atoms with E-state index in [1.807, 2.05) is 0 Å². The van der Waals surface area contributed by atoms with Crippen molar-refractivity contribution in [3.63, 3.8) is 0 Å². The van der Waals surface area contributed by atoms with Crippen molar-refractivity contribution in [1.29, 1.82) is 0 Å². The molecular formula is C12H22N2O3. The predicted octanol–water partition coefficient (Wildman–Crippen LogP) is -0.236. The van der Waals surface area contributed by atoms with Gasteiger partial charge in [-0.2, -0.15) is 0 Å². The molecule has 0 bridgehead atoms. The van der Waals surface area contributed by atoms with Crippen molar-refractivity contribution in [3.05, 3.63) is 0 Å². The van der Waals surface area contributed by atoms with Crippen LogP contribution in [0.1, 0.15) is 13.3 Å². The predicted molar refractivity (Wildman–Crippen MR) is 63.7 cm³/mol. The molecule has 0 saturated carbocycles. The Hall–Kier alpha value is -0.650. The second-order valence-corrected chi connectivity index (χ2v) is 4.91. The molecule has 2 saturated heterocycles. The van der Waals surface area contributed by atoms with E-state index >= 15 is 0 Å². The van der Waals surface area contributed by atoms with E-state index in [0.29, 0.717) is 31.7 Å². The Morgan fingerprint density at radius 1 is 1.47 bits per heavy atom. The maximum atomic E-state index is 11.8. The summed E-state index contributed by atoms with van der Waals surface area (Å²) in [6.45, 7) is 6.54. The van der Waals surface area contributed by atoms with Crippen molar-refractivity contribution in [2.24, 2.45) is 11.8 Å². The molecule has 0 radical (unpaired) electrons. The van der Waals surface area contributed by atoms with Crippen molar-refractivity contribution in [3.8, 4) is 0 Å². The smallest absolute Gasteiger partial charge is 0.251 e. The first-order chi connectivity index (χ1) is 8.27. The molecule has 1 amide bonds. The summed E-state index contributed by atoms with van der Waals surface area (Å²) >= 11 is 0. The van der Waals surface area contributed by atoms with Gasteiger partial charge in [0.25, 0.3) is 5.91 Å². The molecule has 0 aromatic carbocycles. The van der Waals surface area contributed by atoms with Crippen LogP contribution >= 0.6 is 0 Å². The summed E-state index contributed by atoms with van der Waals surface area (Å²) in [6, 6.07) is 0. The first-order valence-corrected chi connectivity index (χ1v) is 6.45. The van der Waals surface area contributed by atoms with Gasteiger partial charge in [0.15, 0.2) is 6.10 Å².